The van der Waals surface area contributed by atoms with E-state index >= 15 is 0 Å². The molecule has 0 radical (unpaired) electrons. The second-order valence-electron chi connectivity index (χ2n) is 4.65. The fourth-order valence-corrected chi connectivity index (χ4v) is 2.04. The van der Waals surface area contributed by atoms with Gasteiger partial charge in [-0.25, -0.2) is 0 Å². The lowest BCUT2D eigenvalue weighted by molar-refractivity contribution is -0.122. The van der Waals surface area contributed by atoms with E-state index < -0.39 is 0 Å². The summed E-state index contributed by atoms with van der Waals surface area (Å²) >= 11 is 0. The molecule has 1 aliphatic heterocycles. The largest absolute Gasteiger partial charge is 0.354 e. The first-order valence-corrected chi connectivity index (χ1v) is 6.06. The lowest BCUT2D eigenvalue weighted by Crippen LogP contribution is -2.41. The Balaban J connectivity index is 2.30. The fraction of sp³-hybridized carbons (Fsp3) is 0.833. The van der Waals surface area contributed by atoms with Crippen LogP contribution >= 0.6 is 0 Å². The molecule has 1 N–H and O–H groups in total. The number of nitrogens with one attached hydrogen (secondary N) is 1. The van der Waals surface area contributed by atoms with Crippen molar-refractivity contribution in [1.82, 2.24) is 10.2 Å². The van der Waals surface area contributed by atoms with E-state index in [-0.39, 0.29) is 18.0 Å². The quantitative estimate of drug-likeness (QED) is 0.781. The van der Waals surface area contributed by atoms with Gasteiger partial charge in [0.15, 0.2) is 0 Å². The SMILES string of the molecule is CC(C)NC(=O)CCN1CCCCC1C#N. The maximum absolute atomic E-state index is 11.5. The summed E-state index contributed by atoms with van der Waals surface area (Å²) < 4.78 is 0. The van der Waals surface area contributed by atoms with E-state index in [1.165, 1.54) is 0 Å². The number of nitriles is 1. The van der Waals surface area contributed by atoms with E-state index in [1.54, 1.807) is 0 Å². The highest BCUT2D eigenvalue weighted by atomic mass is 16.1. The van der Waals surface area contributed by atoms with Crippen LogP contribution in [0.5, 0.6) is 0 Å². The van der Waals surface area contributed by atoms with Crippen LogP contribution in [0.25, 0.3) is 0 Å². The van der Waals surface area contributed by atoms with E-state index in [4.69, 9.17) is 5.26 Å². The molecule has 0 aromatic rings. The van der Waals surface area contributed by atoms with Gasteiger partial charge in [0.1, 0.15) is 0 Å². The van der Waals surface area contributed by atoms with Gasteiger partial charge in [-0.3, -0.25) is 9.69 Å². The molecule has 1 amide bonds. The minimum absolute atomic E-state index is 0.0144. The van der Waals surface area contributed by atoms with Gasteiger partial charge in [0.05, 0.1) is 12.1 Å². The lowest BCUT2D eigenvalue weighted by Gasteiger charge is -2.31. The normalized spacial score (nSPS) is 21.8. The Labute approximate surface area is 97.6 Å². The summed E-state index contributed by atoms with van der Waals surface area (Å²) in [5.41, 5.74) is 0. The van der Waals surface area contributed by atoms with Crippen LogP contribution in [-0.4, -0.2) is 36.0 Å². The van der Waals surface area contributed by atoms with E-state index in [0.717, 1.165) is 25.8 Å². The third-order valence-corrected chi connectivity index (χ3v) is 2.84. The van der Waals surface area contributed by atoms with Crippen LogP contribution in [-0.2, 0) is 4.79 Å². The number of hydrogen-bond donors (Lipinski definition) is 1. The van der Waals surface area contributed by atoms with Crippen LogP contribution < -0.4 is 5.32 Å². The third-order valence-electron chi connectivity index (χ3n) is 2.84. The van der Waals surface area contributed by atoms with Crippen LogP contribution in [0.2, 0.25) is 0 Å². The molecule has 0 spiro atoms. The molecule has 4 heteroatoms. The summed E-state index contributed by atoms with van der Waals surface area (Å²) in [4.78, 5) is 13.6. The number of carbonyl (C=O) groups is 1. The van der Waals surface area contributed by atoms with Gasteiger partial charge in [-0.1, -0.05) is 0 Å². The molecule has 1 saturated heterocycles. The second-order valence-corrected chi connectivity index (χ2v) is 4.65. The van der Waals surface area contributed by atoms with Crippen molar-refractivity contribution in [1.29, 1.82) is 5.26 Å². The molecule has 0 bridgehead atoms. The molecule has 0 saturated carbocycles. The van der Waals surface area contributed by atoms with Gasteiger partial charge < -0.3 is 5.32 Å². The Hall–Kier alpha value is -1.08. The first kappa shape index (κ1) is 13.0. The van der Waals surface area contributed by atoms with Crippen LogP contribution in [0.4, 0.5) is 0 Å². The first-order chi connectivity index (χ1) is 7.63. The molecular formula is C12H21N3O. The summed E-state index contributed by atoms with van der Waals surface area (Å²) in [6.45, 7) is 5.57. The number of amides is 1. The highest BCUT2D eigenvalue weighted by Gasteiger charge is 2.22. The Morgan fingerprint density at radius 2 is 2.31 bits per heavy atom. The number of hydrogen-bond acceptors (Lipinski definition) is 3. The molecule has 1 fully saturated rings. The topological polar surface area (TPSA) is 56.1 Å². The minimum Gasteiger partial charge on any atom is -0.354 e. The van der Waals surface area contributed by atoms with Crippen molar-refractivity contribution in [2.24, 2.45) is 0 Å². The number of nitrogens with zero attached hydrogens (tertiary/aromatic N) is 2. The van der Waals surface area contributed by atoms with Crippen molar-refractivity contribution >= 4 is 5.91 Å². The number of rotatable bonds is 4. The third kappa shape index (κ3) is 4.19. The van der Waals surface area contributed by atoms with Crippen LogP contribution in [0, 0.1) is 11.3 Å². The van der Waals surface area contributed by atoms with Crippen molar-refractivity contribution < 1.29 is 4.79 Å². The number of carbonyl (C=O) groups excluding carboxylic acids is 1. The van der Waals surface area contributed by atoms with Crippen molar-refractivity contribution in [3.8, 4) is 6.07 Å². The molecule has 0 aromatic heterocycles. The number of piperidine rings is 1. The maximum Gasteiger partial charge on any atom is 0.221 e. The van der Waals surface area contributed by atoms with Gasteiger partial charge in [0.2, 0.25) is 5.91 Å². The number of likely N-dealkylation sites (tertiary alicyclic amines) is 1. The average Bonchev–Trinajstić information content (AvgIpc) is 2.26. The zero-order valence-corrected chi connectivity index (χ0v) is 10.2. The standard InChI is InChI=1S/C12H21N3O/c1-10(2)14-12(16)6-8-15-7-4-3-5-11(15)9-13/h10-11H,3-8H2,1-2H3,(H,14,16). The molecule has 1 unspecified atom stereocenters. The zero-order valence-electron chi connectivity index (χ0n) is 10.2. The highest BCUT2D eigenvalue weighted by molar-refractivity contribution is 5.76. The average molecular weight is 223 g/mol. The van der Waals surface area contributed by atoms with Crippen molar-refractivity contribution in [2.75, 3.05) is 13.1 Å². The highest BCUT2D eigenvalue weighted by Crippen LogP contribution is 2.16. The van der Waals surface area contributed by atoms with Crippen molar-refractivity contribution in [3.63, 3.8) is 0 Å². The summed E-state index contributed by atoms with van der Waals surface area (Å²) in [7, 11) is 0. The molecule has 0 aromatic carbocycles. The summed E-state index contributed by atoms with van der Waals surface area (Å²) in [5.74, 6) is 0.0808. The minimum atomic E-state index is 0.0144. The summed E-state index contributed by atoms with van der Waals surface area (Å²) in [6, 6.07) is 2.52. The fourth-order valence-electron chi connectivity index (χ4n) is 2.04. The van der Waals surface area contributed by atoms with E-state index in [1.807, 2.05) is 13.8 Å². The summed E-state index contributed by atoms with van der Waals surface area (Å²) in [6.07, 6.45) is 3.72. The van der Waals surface area contributed by atoms with E-state index in [0.29, 0.717) is 13.0 Å². The molecule has 16 heavy (non-hydrogen) atoms. The van der Waals surface area contributed by atoms with Crippen LogP contribution in [0.15, 0.2) is 0 Å². The molecular weight excluding hydrogens is 202 g/mol. The molecule has 4 nitrogen and oxygen atoms in total. The Kier molecular flexibility index (Phi) is 5.27. The van der Waals surface area contributed by atoms with Crippen LogP contribution in [0.3, 0.4) is 0 Å². The summed E-state index contributed by atoms with van der Waals surface area (Å²) in [5, 5.41) is 11.8. The maximum atomic E-state index is 11.5. The molecule has 1 rings (SSSR count). The van der Waals surface area contributed by atoms with Gasteiger partial charge >= 0.3 is 0 Å². The predicted molar refractivity (Wildman–Crippen MR) is 62.7 cm³/mol. The van der Waals surface area contributed by atoms with E-state index in [2.05, 4.69) is 16.3 Å². The molecule has 1 aliphatic rings. The molecule has 1 heterocycles. The van der Waals surface area contributed by atoms with E-state index in [9.17, 15) is 4.79 Å². The Morgan fingerprint density at radius 1 is 1.56 bits per heavy atom. The second kappa shape index (κ2) is 6.49. The van der Waals surface area contributed by atoms with Gasteiger partial charge in [0, 0.05) is 19.0 Å². The zero-order chi connectivity index (χ0) is 12.0. The molecule has 1 atom stereocenters. The smallest absolute Gasteiger partial charge is 0.221 e. The molecule has 0 aliphatic carbocycles. The van der Waals surface area contributed by atoms with Gasteiger partial charge in [-0.05, 0) is 39.7 Å². The van der Waals surface area contributed by atoms with Gasteiger partial charge in [-0.15, -0.1) is 0 Å². The van der Waals surface area contributed by atoms with Crippen LogP contribution in [0.1, 0.15) is 39.5 Å². The Morgan fingerprint density at radius 3 is 2.94 bits per heavy atom. The van der Waals surface area contributed by atoms with Crippen molar-refractivity contribution in [3.05, 3.63) is 0 Å². The molecule has 90 valence electrons. The monoisotopic (exact) mass is 223 g/mol. The van der Waals surface area contributed by atoms with Gasteiger partial charge in [-0.2, -0.15) is 5.26 Å². The Bertz CT molecular complexity index is 270. The lowest BCUT2D eigenvalue weighted by atomic mass is 10.0. The van der Waals surface area contributed by atoms with Gasteiger partial charge in [0.25, 0.3) is 0 Å². The van der Waals surface area contributed by atoms with Crippen molar-refractivity contribution in [2.45, 2.75) is 51.6 Å². The predicted octanol–water partition coefficient (Wildman–Crippen LogP) is 1.28. The first-order valence-electron chi connectivity index (χ1n) is 6.06.